The Hall–Kier alpha value is -1.84. The summed E-state index contributed by atoms with van der Waals surface area (Å²) in [4.78, 5) is 32.9. The van der Waals surface area contributed by atoms with E-state index < -0.39 is 35.7 Å². The molecule has 0 fully saturated rings. The average Bonchev–Trinajstić information content (AvgIpc) is 2.26. The highest BCUT2D eigenvalue weighted by Crippen LogP contribution is 2.30. The molecule has 0 aromatic carbocycles. The van der Waals surface area contributed by atoms with E-state index in [4.69, 9.17) is 5.11 Å². The second kappa shape index (κ2) is 5.87. The lowest BCUT2D eigenvalue weighted by Crippen LogP contribution is -2.65. The van der Waals surface area contributed by atoms with Crippen molar-refractivity contribution in [2.45, 2.75) is 31.6 Å². The quantitative estimate of drug-likeness (QED) is 0.573. The number of carboxylic acid groups (broad SMARTS) is 1. The van der Waals surface area contributed by atoms with Crippen LogP contribution in [0.25, 0.3) is 0 Å². The van der Waals surface area contributed by atoms with E-state index in [2.05, 4.69) is 0 Å². The van der Waals surface area contributed by atoms with E-state index in [0.717, 1.165) is 6.92 Å². The van der Waals surface area contributed by atoms with Crippen molar-refractivity contribution in [3.8, 4) is 0 Å². The summed E-state index contributed by atoms with van der Waals surface area (Å²) in [5.74, 6) is -3.27. The molecule has 0 bridgehead atoms. The Morgan fingerprint density at radius 2 is 1.68 bits per heavy atom. The average molecular weight is 285 g/mol. The SMILES string of the molecule is CNC(=O)NC(=O)C(C)NC(C)(C(=O)O)C(F)(F)F. The van der Waals surface area contributed by atoms with Crippen LogP contribution in [0, 0.1) is 0 Å². The molecule has 0 heterocycles. The van der Waals surface area contributed by atoms with Crippen molar-refractivity contribution in [2.75, 3.05) is 7.05 Å². The number of hydrogen-bond acceptors (Lipinski definition) is 4. The van der Waals surface area contributed by atoms with Crippen LogP contribution in [0.15, 0.2) is 0 Å². The van der Waals surface area contributed by atoms with Gasteiger partial charge in [-0.25, -0.2) is 9.59 Å². The fourth-order valence-electron chi connectivity index (χ4n) is 1.05. The van der Waals surface area contributed by atoms with Crippen molar-refractivity contribution in [3.05, 3.63) is 0 Å². The number of alkyl halides is 3. The van der Waals surface area contributed by atoms with Gasteiger partial charge in [-0.1, -0.05) is 0 Å². The van der Waals surface area contributed by atoms with Gasteiger partial charge in [0.25, 0.3) is 0 Å². The van der Waals surface area contributed by atoms with Gasteiger partial charge in [-0.05, 0) is 13.8 Å². The maximum absolute atomic E-state index is 12.7. The van der Waals surface area contributed by atoms with E-state index in [-0.39, 0.29) is 0 Å². The highest BCUT2D eigenvalue weighted by Gasteiger charge is 2.58. The van der Waals surface area contributed by atoms with Crippen LogP contribution in [0.2, 0.25) is 0 Å². The fraction of sp³-hybridized carbons (Fsp3) is 0.667. The molecule has 110 valence electrons. The minimum Gasteiger partial charge on any atom is -0.480 e. The normalized spacial score (nSPS) is 16.1. The van der Waals surface area contributed by atoms with Gasteiger partial charge >= 0.3 is 18.2 Å². The van der Waals surface area contributed by atoms with Gasteiger partial charge in [0.05, 0.1) is 6.04 Å². The summed E-state index contributed by atoms with van der Waals surface area (Å²) in [5.41, 5.74) is -3.30. The molecule has 2 atom stereocenters. The zero-order valence-electron chi connectivity index (χ0n) is 10.4. The van der Waals surface area contributed by atoms with Gasteiger partial charge < -0.3 is 10.4 Å². The maximum Gasteiger partial charge on any atom is 0.417 e. The second-order valence-corrected chi connectivity index (χ2v) is 3.86. The Labute approximate surface area is 106 Å². The van der Waals surface area contributed by atoms with Crippen molar-refractivity contribution in [2.24, 2.45) is 0 Å². The lowest BCUT2D eigenvalue weighted by Gasteiger charge is -2.31. The number of halogens is 3. The van der Waals surface area contributed by atoms with Crippen LogP contribution >= 0.6 is 0 Å². The Morgan fingerprint density at radius 3 is 2.00 bits per heavy atom. The topological polar surface area (TPSA) is 108 Å². The lowest BCUT2D eigenvalue weighted by atomic mass is 10.0. The Balaban J connectivity index is 4.94. The molecule has 0 spiro atoms. The predicted octanol–water partition coefficient (Wildman–Crippen LogP) is -0.174. The van der Waals surface area contributed by atoms with Crippen LogP contribution in [0.5, 0.6) is 0 Å². The molecule has 0 radical (unpaired) electrons. The Bertz CT molecular complexity index is 385. The monoisotopic (exact) mass is 285 g/mol. The molecule has 10 heteroatoms. The van der Waals surface area contributed by atoms with Crippen LogP contribution < -0.4 is 16.0 Å². The highest BCUT2D eigenvalue weighted by atomic mass is 19.4. The van der Waals surface area contributed by atoms with Crippen molar-refractivity contribution >= 4 is 17.9 Å². The molecule has 3 amide bonds. The fourth-order valence-corrected chi connectivity index (χ4v) is 1.05. The summed E-state index contributed by atoms with van der Waals surface area (Å²) in [6.45, 7) is 1.39. The standard InChI is InChI=1S/C9H14F3N3O4/c1-4(5(16)14-7(19)13-3)15-8(2,6(17)18)9(10,11)12/h4,15H,1-3H3,(H,17,18)(H2,13,14,16,19). The first-order chi connectivity index (χ1) is 8.45. The number of imide groups is 1. The number of nitrogens with one attached hydrogen (secondary N) is 3. The third-order valence-corrected chi connectivity index (χ3v) is 2.36. The van der Waals surface area contributed by atoms with Crippen LogP contribution in [0.4, 0.5) is 18.0 Å². The molecule has 7 nitrogen and oxygen atoms in total. The van der Waals surface area contributed by atoms with Gasteiger partial charge in [-0.15, -0.1) is 0 Å². The summed E-state index contributed by atoms with van der Waals surface area (Å²) >= 11 is 0. The molecule has 0 saturated carbocycles. The zero-order valence-corrected chi connectivity index (χ0v) is 10.4. The first-order valence-corrected chi connectivity index (χ1v) is 5.06. The molecule has 0 aromatic rings. The minimum atomic E-state index is -5.11. The van der Waals surface area contributed by atoms with Crippen molar-refractivity contribution in [1.29, 1.82) is 0 Å². The minimum absolute atomic E-state index is 0.388. The largest absolute Gasteiger partial charge is 0.480 e. The molecule has 2 unspecified atom stereocenters. The first kappa shape index (κ1) is 17.2. The molecular formula is C9H14F3N3O4. The number of carbonyl (C=O) groups excluding carboxylic acids is 2. The summed E-state index contributed by atoms with van der Waals surface area (Å²) < 4.78 is 38.0. The van der Waals surface area contributed by atoms with Crippen LogP contribution in [-0.2, 0) is 9.59 Å². The summed E-state index contributed by atoms with van der Waals surface area (Å²) in [6, 6.07) is -2.46. The van der Waals surface area contributed by atoms with Gasteiger partial charge in [0.1, 0.15) is 0 Å². The smallest absolute Gasteiger partial charge is 0.417 e. The molecular weight excluding hydrogens is 271 g/mol. The second-order valence-electron chi connectivity index (χ2n) is 3.86. The Morgan fingerprint density at radius 1 is 1.21 bits per heavy atom. The van der Waals surface area contributed by atoms with Crippen LogP contribution in [0.1, 0.15) is 13.8 Å². The number of carboxylic acids is 1. The van der Waals surface area contributed by atoms with Gasteiger partial charge in [0.15, 0.2) is 0 Å². The van der Waals surface area contributed by atoms with Gasteiger partial charge in [0.2, 0.25) is 11.4 Å². The zero-order chi connectivity index (χ0) is 15.4. The van der Waals surface area contributed by atoms with Crippen LogP contribution in [-0.4, -0.2) is 47.8 Å². The molecule has 0 rings (SSSR count). The van der Waals surface area contributed by atoms with Gasteiger partial charge in [0, 0.05) is 7.05 Å². The predicted molar refractivity (Wildman–Crippen MR) is 57.3 cm³/mol. The van der Waals surface area contributed by atoms with Crippen molar-refractivity contribution < 1.29 is 32.7 Å². The van der Waals surface area contributed by atoms with Crippen molar-refractivity contribution in [1.82, 2.24) is 16.0 Å². The summed E-state index contributed by atoms with van der Waals surface area (Å²) in [6.07, 6.45) is -5.11. The molecule has 0 aliphatic heterocycles. The Kier molecular flexibility index (Phi) is 5.30. The molecule has 4 N–H and O–H groups in total. The molecule has 19 heavy (non-hydrogen) atoms. The van der Waals surface area contributed by atoms with E-state index in [1.165, 1.54) is 7.05 Å². The number of rotatable bonds is 4. The molecule has 0 aromatic heterocycles. The van der Waals surface area contributed by atoms with E-state index in [0.29, 0.717) is 6.92 Å². The number of urea groups is 1. The molecule has 0 aliphatic carbocycles. The first-order valence-electron chi connectivity index (χ1n) is 5.06. The number of aliphatic carboxylic acids is 1. The molecule has 0 saturated heterocycles. The third-order valence-electron chi connectivity index (χ3n) is 2.36. The van der Waals surface area contributed by atoms with E-state index in [1.54, 1.807) is 10.6 Å². The number of hydrogen-bond donors (Lipinski definition) is 4. The van der Waals surface area contributed by atoms with Crippen LogP contribution in [0.3, 0.4) is 0 Å². The summed E-state index contributed by atoms with van der Waals surface area (Å²) in [7, 11) is 1.21. The number of amides is 3. The van der Waals surface area contributed by atoms with Gasteiger partial charge in [-0.3, -0.25) is 15.4 Å². The third kappa shape index (κ3) is 4.09. The molecule has 0 aliphatic rings. The van der Waals surface area contributed by atoms with Crippen molar-refractivity contribution in [3.63, 3.8) is 0 Å². The lowest BCUT2D eigenvalue weighted by molar-refractivity contribution is -0.207. The van der Waals surface area contributed by atoms with E-state index >= 15 is 0 Å². The van der Waals surface area contributed by atoms with Gasteiger partial charge in [-0.2, -0.15) is 13.2 Å². The van der Waals surface area contributed by atoms with E-state index in [1.807, 2.05) is 5.32 Å². The summed E-state index contributed by atoms with van der Waals surface area (Å²) in [5, 5.41) is 14.0. The highest BCUT2D eigenvalue weighted by molar-refractivity contribution is 5.97. The van der Waals surface area contributed by atoms with E-state index in [9.17, 15) is 27.6 Å². The number of carbonyl (C=O) groups is 3. The maximum atomic E-state index is 12.7.